The first-order chi connectivity index (χ1) is 8.74. The standard InChI is InChI=1S/C15H18N2O/c1-16-6-8-17(9-7-16)15-11-13(18)10-12-4-2-3-5-14(12)15/h2-5,10-11,18H,6-9H2,1H3. The first-order valence-electron chi connectivity index (χ1n) is 6.39. The van der Waals surface area contributed by atoms with Gasteiger partial charge in [-0.3, -0.25) is 0 Å². The molecule has 1 saturated heterocycles. The summed E-state index contributed by atoms with van der Waals surface area (Å²) in [7, 11) is 2.15. The van der Waals surface area contributed by atoms with E-state index in [1.165, 1.54) is 5.39 Å². The van der Waals surface area contributed by atoms with Gasteiger partial charge < -0.3 is 14.9 Å². The number of nitrogens with zero attached hydrogens (tertiary/aromatic N) is 2. The molecule has 0 unspecified atom stereocenters. The summed E-state index contributed by atoms with van der Waals surface area (Å²) in [5.74, 6) is 0.350. The molecule has 0 amide bonds. The Morgan fingerprint density at radius 3 is 2.50 bits per heavy atom. The fourth-order valence-electron chi connectivity index (χ4n) is 2.58. The third-order valence-electron chi connectivity index (χ3n) is 3.67. The van der Waals surface area contributed by atoms with Crippen molar-refractivity contribution < 1.29 is 5.11 Å². The van der Waals surface area contributed by atoms with E-state index in [-0.39, 0.29) is 0 Å². The van der Waals surface area contributed by atoms with Gasteiger partial charge in [0.2, 0.25) is 0 Å². The summed E-state index contributed by atoms with van der Waals surface area (Å²) < 4.78 is 0. The van der Waals surface area contributed by atoms with Gasteiger partial charge >= 0.3 is 0 Å². The van der Waals surface area contributed by atoms with Crippen molar-refractivity contribution in [2.24, 2.45) is 0 Å². The first-order valence-corrected chi connectivity index (χ1v) is 6.39. The molecule has 0 aliphatic carbocycles. The molecular weight excluding hydrogens is 224 g/mol. The number of anilines is 1. The van der Waals surface area contributed by atoms with Gasteiger partial charge in [-0.05, 0) is 18.5 Å². The molecule has 3 heteroatoms. The Labute approximate surface area is 107 Å². The molecule has 1 N–H and O–H groups in total. The molecule has 0 saturated carbocycles. The van der Waals surface area contributed by atoms with E-state index in [1.54, 1.807) is 0 Å². The summed E-state index contributed by atoms with van der Waals surface area (Å²) in [6.07, 6.45) is 0. The van der Waals surface area contributed by atoms with Crippen molar-refractivity contribution in [2.75, 3.05) is 38.1 Å². The molecule has 1 aliphatic rings. The number of benzene rings is 2. The molecule has 1 fully saturated rings. The van der Waals surface area contributed by atoms with E-state index < -0.39 is 0 Å². The van der Waals surface area contributed by atoms with Crippen LogP contribution in [-0.4, -0.2) is 43.2 Å². The zero-order valence-electron chi connectivity index (χ0n) is 10.6. The lowest BCUT2D eigenvalue weighted by atomic mass is 10.1. The highest BCUT2D eigenvalue weighted by atomic mass is 16.3. The van der Waals surface area contributed by atoms with E-state index in [0.29, 0.717) is 5.75 Å². The molecule has 2 aromatic rings. The maximum atomic E-state index is 9.86. The van der Waals surface area contributed by atoms with E-state index in [2.05, 4.69) is 35.0 Å². The Bertz CT molecular complexity index is 559. The molecule has 0 radical (unpaired) electrons. The zero-order valence-corrected chi connectivity index (χ0v) is 10.6. The van der Waals surface area contributed by atoms with Gasteiger partial charge in [-0.1, -0.05) is 24.3 Å². The van der Waals surface area contributed by atoms with Crippen LogP contribution < -0.4 is 4.90 Å². The van der Waals surface area contributed by atoms with Gasteiger partial charge in [0.1, 0.15) is 5.75 Å². The van der Waals surface area contributed by atoms with E-state index in [1.807, 2.05) is 18.2 Å². The molecule has 0 bridgehead atoms. The fourth-order valence-corrected chi connectivity index (χ4v) is 2.58. The number of phenols is 1. The molecular formula is C15H18N2O. The molecule has 0 atom stereocenters. The highest BCUT2D eigenvalue weighted by molar-refractivity contribution is 5.95. The summed E-state index contributed by atoms with van der Waals surface area (Å²) in [5.41, 5.74) is 1.15. The molecule has 94 valence electrons. The molecule has 1 aliphatic heterocycles. The highest BCUT2D eigenvalue weighted by Crippen LogP contribution is 2.31. The first kappa shape index (κ1) is 11.4. The van der Waals surface area contributed by atoms with Crippen molar-refractivity contribution in [3.63, 3.8) is 0 Å². The van der Waals surface area contributed by atoms with E-state index >= 15 is 0 Å². The van der Waals surface area contributed by atoms with Crippen LogP contribution in [0.4, 0.5) is 5.69 Å². The van der Waals surface area contributed by atoms with Crippen molar-refractivity contribution in [1.29, 1.82) is 0 Å². The van der Waals surface area contributed by atoms with E-state index in [0.717, 1.165) is 37.3 Å². The minimum absolute atomic E-state index is 0.350. The SMILES string of the molecule is CN1CCN(c2cc(O)cc3ccccc23)CC1. The van der Waals surface area contributed by atoms with Gasteiger partial charge in [0.05, 0.1) is 0 Å². The van der Waals surface area contributed by atoms with Crippen LogP contribution in [0.15, 0.2) is 36.4 Å². The summed E-state index contributed by atoms with van der Waals surface area (Å²) in [6, 6.07) is 12.0. The Morgan fingerprint density at radius 1 is 1.00 bits per heavy atom. The average Bonchev–Trinajstić information content (AvgIpc) is 2.38. The van der Waals surface area contributed by atoms with Gasteiger partial charge in [-0.15, -0.1) is 0 Å². The van der Waals surface area contributed by atoms with Crippen molar-refractivity contribution in [2.45, 2.75) is 0 Å². The molecule has 0 aromatic heterocycles. The van der Waals surface area contributed by atoms with Crippen LogP contribution in [0.1, 0.15) is 0 Å². The number of piperazine rings is 1. The normalized spacial score (nSPS) is 17.3. The van der Waals surface area contributed by atoms with Gasteiger partial charge in [0.15, 0.2) is 0 Å². The number of hydrogen-bond donors (Lipinski definition) is 1. The lowest BCUT2D eigenvalue weighted by Crippen LogP contribution is -2.44. The molecule has 3 rings (SSSR count). The Morgan fingerprint density at radius 2 is 1.72 bits per heavy atom. The summed E-state index contributed by atoms with van der Waals surface area (Å²) >= 11 is 0. The molecule has 3 nitrogen and oxygen atoms in total. The summed E-state index contributed by atoms with van der Waals surface area (Å²) in [6.45, 7) is 4.18. The maximum Gasteiger partial charge on any atom is 0.118 e. The predicted octanol–water partition coefficient (Wildman–Crippen LogP) is 2.30. The van der Waals surface area contributed by atoms with Crippen LogP contribution in [0.2, 0.25) is 0 Å². The number of likely N-dealkylation sites (N-methyl/N-ethyl adjacent to an activating group) is 1. The monoisotopic (exact) mass is 242 g/mol. The van der Waals surface area contributed by atoms with Crippen LogP contribution in [0.25, 0.3) is 10.8 Å². The van der Waals surface area contributed by atoms with Gasteiger partial charge in [-0.2, -0.15) is 0 Å². The predicted molar refractivity (Wildman–Crippen MR) is 75.3 cm³/mol. The average molecular weight is 242 g/mol. The van der Waals surface area contributed by atoms with Crippen LogP contribution in [0, 0.1) is 0 Å². The number of aromatic hydroxyl groups is 1. The van der Waals surface area contributed by atoms with Gasteiger partial charge in [-0.25, -0.2) is 0 Å². The molecule has 0 spiro atoms. The number of rotatable bonds is 1. The van der Waals surface area contributed by atoms with Gasteiger partial charge in [0, 0.05) is 43.3 Å². The van der Waals surface area contributed by atoms with Crippen molar-refractivity contribution in [3.05, 3.63) is 36.4 Å². The number of fused-ring (bicyclic) bond motifs is 1. The minimum atomic E-state index is 0.350. The van der Waals surface area contributed by atoms with Crippen LogP contribution in [0.3, 0.4) is 0 Å². The maximum absolute atomic E-state index is 9.86. The van der Waals surface area contributed by atoms with Crippen molar-refractivity contribution in [1.82, 2.24) is 4.90 Å². The number of hydrogen-bond acceptors (Lipinski definition) is 3. The largest absolute Gasteiger partial charge is 0.508 e. The Balaban J connectivity index is 2.05. The summed E-state index contributed by atoms with van der Waals surface area (Å²) in [5, 5.41) is 12.2. The second-order valence-electron chi connectivity index (χ2n) is 4.98. The fraction of sp³-hybridized carbons (Fsp3) is 0.333. The van der Waals surface area contributed by atoms with Crippen LogP contribution in [0.5, 0.6) is 5.75 Å². The van der Waals surface area contributed by atoms with Crippen LogP contribution in [-0.2, 0) is 0 Å². The quantitative estimate of drug-likeness (QED) is 0.831. The van der Waals surface area contributed by atoms with Gasteiger partial charge in [0.25, 0.3) is 0 Å². The zero-order chi connectivity index (χ0) is 12.5. The van der Waals surface area contributed by atoms with Crippen molar-refractivity contribution >= 4 is 16.5 Å². The number of phenolic OH excluding ortho intramolecular Hbond substituents is 1. The highest BCUT2D eigenvalue weighted by Gasteiger charge is 2.16. The van der Waals surface area contributed by atoms with E-state index in [9.17, 15) is 5.11 Å². The summed E-state index contributed by atoms with van der Waals surface area (Å²) in [4.78, 5) is 4.70. The van der Waals surface area contributed by atoms with Crippen LogP contribution >= 0.6 is 0 Å². The molecule has 2 aromatic carbocycles. The second kappa shape index (κ2) is 4.50. The molecule has 1 heterocycles. The lowest BCUT2D eigenvalue weighted by molar-refractivity contribution is 0.313. The third-order valence-corrected chi connectivity index (χ3v) is 3.67. The Kier molecular flexibility index (Phi) is 2.84. The smallest absolute Gasteiger partial charge is 0.118 e. The van der Waals surface area contributed by atoms with Crippen molar-refractivity contribution in [3.8, 4) is 5.75 Å². The Hall–Kier alpha value is -1.74. The molecule has 18 heavy (non-hydrogen) atoms. The van der Waals surface area contributed by atoms with E-state index in [4.69, 9.17) is 0 Å². The lowest BCUT2D eigenvalue weighted by Gasteiger charge is -2.34. The topological polar surface area (TPSA) is 26.7 Å². The minimum Gasteiger partial charge on any atom is -0.508 e. The second-order valence-corrected chi connectivity index (χ2v) is 4.98. The third kappa shape index (κ3) is 2.02.